The first-order valence-corrected chi connectivity index (χ1v) is 8.91. The van der Waals surface area contributed by atoms with Gasteiger partial charge in [0.15, 0.2) is 5.82 Å². The third-order valence-electron chi connectivity index (χ3n) is 4.51. The highest BCUT2D eigenvalue weighted by Gasteiger charge is 2.33. The van der Waals surface area contributed by atoms with E-state index in [9.17, 15) is 5.11 Å². The number of piperidine rings is 1. The molecule has 3 heterocycles. The van der Waals surface area contributed by atoms with Crippen molar-refractivity contribution in [1.29, 1.82) is 0 Å². The Morgan fingerprint density at radius 2 is 2.22 bits per heavy atom. The second kappa shape index (κ2) is 7.34. The van der Waals surface area contributed by atoms with Gasteiger partial charge in [0.2, 0.25) is 0 Å². The topological polar surface area (TPSA) is 49.2 Å². The number of rotatable bonds is 6. The van der Waals surface area contributed by atoms with Gasteiger partial charge in [0.1, 0.15) is 0 Å². The zero-order valence-corrected chi connectivity index (χ0v) is 14.1. The normalized spacial score (nSPS) is 22.1. The van der Waals surface area contributed by atoms with Crippen molar-refractivity contribution < 1.29 is 5.11 Å². The molecule has 122 valence electrons. The zero-order valence-electron chi connectivity index (χ0n) is 13.3. The molecule has 1 fully saturated rings. The van der Waals surface area contributed by atoms with Crippen LogP contribution in [0.4, 0.5) is 0 Å². The second-order valence-electron chi connectivity index (χ2n) is 6.36. The molecule has 5 heteroatoms. The summed E-state index contributed by atoms with van der Waals surface area (Å²) in [5, 5.41) is 11.8. The molecule has 1 saturated heterocycles. The number of aliphatic hydroxyl groups is 1. The first kappa shape index (κ1) is 16.3. The van der Waals surface area contributed by atoms with Gasteiger partial charge in [0.05, 0.1) is 11.5 Å². The highest BCUT2D eigenvalue weighted by Crippen LogP contribution is 2.34. The summed E-state index contributed by atoms with van der Waals surface area (Å²) in [6.07, 6.45) is 8.82. The van der Waals surface area contributed by atoms with Crippen LogP contribution in [0.1, 0.15) is 24.8 Å². The predicted molar refractivity (Wildman–Crippen MR) is 94.2 cm³/mol. The Bertz CT molecular complexity index is 626. The summed E-state index contributed by atoms with van der Waals surface area (Å²) in [5.74, 6) is 0.791. The molecular weight excluding hydrogens is 306 g/mol. The molecule has 0 saturated carbocycles. The Morgan fingerprint density at radius 1 is 1.39 bits per heavy atom. The maximum atomic E-state index is 9.80. The van der Waals surface area contributed by atoms with Crippen LogP contribution in [-0.2, 0) is 6.54 Å². The van der Waals surface area contributed by atoms with E-state index in [1.807, 2.05) is 36.0 Å². The van der Waals surface area contributed by atoms with Crippen LogP contribution in [-0.4, -0.2) is 39.7 Å². The number of nitrogens with zero attached hydrogens (tertiary/aromatic N) is 3. The average Bonchev–Trinajstić information content (AvgIpc) is 3.11. The molecular formula is C18H23N3OS. The molecule has 4 nitrogen and oxygen atoms in total. The maximum absolute atomic E-state index is 9.80. The van der Waals surface area contributed by atoms with Crippen LogP contribution in [0.3, 0.4) is 0 Å². The van der Waals surface area contributed by atoms with Crippen LogP contribution in [0.15, 0.2) is 42.6 Å². The van der Waals surface area contributed by atoms with Gasteiger partial charge in [0, 0.05) is 36.5 Å². The van der Waals surface area contributed by atoms with E-state index >= 15 is 0 Å². The van der Waals surface area contributed by atoms with Crippen LogP contribution >= 0.6 is 11.3 Å². The second-order valence-corrected chi connectivity index (χ2v) is 7.31. The van der Waals surface area contributed by atoms with Crippen molar-refractivity contribution in [3.8, 4) is 10.7 Å². The van der Waals surface area contributed by atoms with Crippen molar-refractivity contribution >= 4 is 11.3 Å². The van der Waals surface area contributed by atoms with Crippen LogP contribution in [0.5, 0.6) is 0 Å². The highest BCUT2D eigenvalue weighted by atomic mass is 32.1. The summed E-state index contributed by atoms with van der Waals surface area (Å²) in [5.41, 5.74) is 1.09. The van der Waals surface area contributed by atoms with E-state index in [1.54, 1.807) is 11.3 Å². The van der Waals surface area contributed by atoms with E-state index < -0.39 is 0 Å². The lowest BCUT2D eigenvalue weighted by Gasteiger charge is -2.41. The monoisotopic (exact) mass is 329 g/mol. The quantitative estimate of drug-likeness (QED) is 0.826. The van der Waals surface area contributed by atoms with E-state index in [2.05, 4.69) is 21.4 Å². The standard InChI is InChI=1S/C18H23N3OS/c1-2-6-18(14-22)7-4-8-21(13-18)12-15-10-19-17(20-11-15)16-5-3-9-23-16/h2-3,5,9-11,22H,1,4,6-8,12-14H2. The number of hydrogen-bond acceptors (Lipinski definition) is 5. The fraction of sp³-hybridized carbons (Fsp3) is 0.444. The number of aliphatic hydroxyl groups excluding tert-OH is 1. The lowest BCUT2D eigenvalue weighted by molar-refractivity contribution is 0.0308. The molecule has 0 bridgehead atoms. The number of aromatic nitrogens is 2. The van der Waals surface area contributed by atoms with Crippen molar-refractivity contribution in [2.24, 2.45) is 5.41 Å². The Morgan fingerprint density at radius 3 is 2.87 bits per heavy atom. The lowest BCUT2D eigenvalue weighted by atomic mass is 9.78. The van der Waals surface area contributed by atoms with E-state index in [0.717, 1.165) is 55.2 Å². The summed E-state index contributed by atoms with van der Waals surface area (Å²) < 4.78 is 0. The predicted octanol–water partition coefficient (Wildman–Crippen LogP) is 3.36. The minimum Gasteiger partial charge on any atom is -0.396 e. The van der Waals surface area contributed by atoms with Gasteiger partial charge in [0.25, 0.3) is 0 Å². The Balaban J connectivity index is 1.65. The van der Waals surface area contributed by atoms with Crippen molar-refractivity contribution in [1.82, 2.24) is 14.9 Å². The van der Waals surface area contributed by atoms with Crippen molar-refractivity contribution in [3.63, 3.8) is 0 Å². The molecule has 1 N–H and O–H groups in total. The summed E-state index contributed by atoms with van der Waals surface area (Å²) >= 11 is 1.65. The number of hydrogen-bond donors (Lipinski definition) is 1. The van der Waals surface area contributed by atoms with Gasteiger partial charge in [-0.2, -0.15) is 0 Å². The molecule has 23 heavy (non-hydrogen) atoms. The van der Waals surface area contributed by atoms with E-state index in [4.69, 9.17) is 0 Å². The molecule has 1 atom stereocenters. The first-order valence-electron chi connectivity index (χ1n) is 8.04. The first-order chi connectivity index (χ1) is 11.2. The van der Waals surface area contributed by atoms with Crippen LogP contribution in [0.2, 0.25) is 0 Å². The van der Waals surface area contributed by atoms with Gasteiger partial charge >= 0.3 is 0 Å². The molecule has 3 rings (SSSR count). The molecule has 1 aliphatic heterocycles. The molecule has 0 radical (unpaired) electrons. The molecule has 0 aromatic carbocycles. The van der Waals surface area contributed by atoms with Crippen molar-refractivity contribution in [2.45, 2.75) is 25.8 Å². The Kier molecular flexibility index (Phi) is 5.20. The molecule has 2 aromatic heterocycles. The number of likely N-dealkylation sites (tertiary alicyclic amines) is 1. The molecule has 1 aliphatic rings. The maximum Gasteiger partial charge on any atom is 0.169 e. The third kappa shape index (κ3) is 3.86. The summed E-state index contributed by atoms with van der Waals surface area (Å²) in [6, 6.07) is 4.05. The van der Waals surface area contributed by atoms with Crippen LogP contribution in [0.25, 0.3) is 10.7 Å². The molecule has 2 aromatic rings. The van der Waals surface area contributed by atoms with Gasteiger partial charge in [-0.15, -0.1) is 17.9 Å². The molecule has 0 amide bonds. The fourth-order valence-corrected chi connectivity index (χ4v) is 4.01. The van der Waals surface area contributed by atoms with Gasteiger partial charge in [-0.25, -0.2) is 9.97 Å². The van der Waals surface area contributed by atoms with E-state index in [0.29, 0.717) is 0 Å². The van der Waals surface area contributed by atoms with Gasteiger partial charge in [-0.3, -0.25) is 4.90 Å². The third-order valence-corrected chi connectivity index (χ3v) is 5.37. The van der Waals surface area contributed by atoms with Gasteiger partial charge < -0.3 is 5.11 Å². The zero-order chi connectivity index (χ0) is 16.1. The highest BCUT2D eigenvalue weighted by molar-refractivity contribution is 7.13. The number of thiophene rings is 1. The van der Waals surface area contributed by atoms with Crippen LogP contribution < -0.4 is 0 Å². The lowest BCUT2D eigenvalue weighted by Crippen LogP contribution is -2.44. The van der Waals surface area contributed by atoms with Crippen LogP contribution in [0, 0.1) is 5.41 Å². The summed E-state index contributed by atoms with van der Waals surface area (Å²) in [4.78, 5) is 12.5. The molecule has 0 spiro atoms. The minimum atomic E-state index is -0.0300. The SMILES string of the molecule is C=CCC1(CO)CCCN(Cc2cnc(-c3cccs3)nc2)C1. The Labute approximate surface area is 141 Å². The molecule has 0 aliphatic carbocycles. The van der Waals surface area contributed by atoms with Crippen molar-refractivity contribution in [3.05, 3.63) is 48.1 Å². The van der Waals surface area contributed by atoms with E-state index in [-0.39, 0.29) is 12.0 Å². The largest absolute Gasteiger partial charge is 0.396 e. The van der Waals surface area contributed by atoms with E-state index in [1.165, 1.54) is 0 Å². The van der Waals surface area contributed by atoms with Gasteiger partial charge in [-0.1, -0.05) is 12.1 Å². The fourth-order valence-electron chi connectivity index (χ4n) is 3.34. The average molecular weight is 329 g/mol. The molecule has 1 unspecified atom stereocenters. The minimum absolute atomic E-state index is 0.0300. The summed E-state index contributed by atoms with van der Waals surface area (Å²) in [6.45, 7) is 6.87. The smallest absolute Gasteiger partial charge is 0.169 e. The van der Waals surface area contributed by atoms with Gasteiger partial charge in [-0.05, 0) is 37.3 Å². The van der Waals surface area contributed by atoms with Crippen molar-refractivity contribution in [2.75, 3.05) is 19.7 Å². The Hall–Kier alpha value is -1.56. The summed E-state index contributed by atoms with van der Waals surface area (Å²) in [7, 11) is 0. The number of allylic oxidation sites excluding steroid dienone is 1.